The van der Waals surface area contributed by atoms with E-state index in [9.17, 15) is 14.4 Å². The monoisotopic (exact) mass is 351 g/mol. The van der Waals surface area contributed by atoms with Crippen molar-refractivity contribution in [1.29, 1.82) is 0 Å². The molecule has 0 bridgehead atoms. The van der Waals surface area contributed by atoms with Crippen LogP contribution in [0.3, 0.4) is 0 Å². The molecule has 0 aliphatic carbocycles. The van der Waals surface area contributed by atoms with E-state index in [0.29, 0.717) is 12.8 Å². The number of hydrogen-bond donors (Lipinski definition) is 0. The number of aryl methyl sites for hydroxylation is 1. The number of aromatic nitrogens is 1. The van der Waals surface area contributed by atoms with E-state index in [-0.39, 0.29) is 6.42 Å². The largest absolute Gasteiger partial charge is 0.332 e. The van der Waals surface area contributed by atoms with E-state index in [4.69, 9.17) is 0 Å². The highest BCUT2D eigenvalue weighted by Crippen LogP contribution is 2.36. The number of carbonyl (C=O) groups excluding carboxylic acids is 3. The topological polar surface area (TPSA) is 70.6 Å². The second kappa shape index (κ2) is 7.07. The molecule has 4 amide bonds. The molecule has 26 heavy (non-hydrogen) atoms. The third-order valence-electron chi connectivity index (χ3n) is 4.94. The molecule has 0 saturated carbocycles. The summed E-state index contributed by atoms with van der Waals surface area (Å²) in [5.74, 6) is -0.882. The molecule has 0 N–H and O–H groups in total. The summed E-state index contributed by atoms with van der Waals surface area (Å²) in [6.45, 7) is 0. The van der Waals surface area contributed by atoms with Gasteiger partial charge >= 0.3 is 6.03 Å². The van der Waals surface area contributed by atoms with Crippen molar-refractivity contribution in [3.05, 3.63) is 66.0 Å². The Labute approximate surface area is 152 Å². The lowest BCUT2D eigenvalue weighted by atomic mass is 9.73. The molecule has 1 aliphatic heterocycles. The zero-order chi connectivity index (χ0) is 18.7. The molecule has 3 rings (SSSR count). The molecule has 0 radical (unpaired) electrons. The van der Waals surface area contributed by atoms with Crippen LogP contribution in [0.5, 0.6) is 0 Å². The fourth-order valence-electron chi connectivity index (χ4n) is 3.44. The number of amides is 4. The fraction of sp³-hybridized carbons (Fsp3) is 0.300. The van der Waals surface area contributed by atoms with Gasteiger partial charge in [0, 0.05) is 26.5 Å². The molecular formula is C20H21N3O3. The van der Waals surface area contributed by atoms with Crippen molar-refractivity contribution in [3.63, 3.8) is 0 Å². The summed E-state index contributed by atoms with van der Waals surface area (Å²) in [5.41, 5.74) is 0.595. The Hall–Kier alpha value is -3.02. The Kier molecular flexibility index (Phi) is 4.84. The van der Waals surface area contributed by atoms with Gasteiger partial charge in [-0.2, -0.15) is 0 Å². The average molecular weight is 351 g/mol. The van der Waals surface area contributed by atoms with E-state index in [1.807, 2.05) is 42.5 Å². The predicted molar refractivity (Wildman–Crippen MR) is 96.1 cm³/mol. The van der Waals surface area contributed by atoms with Crippen LogP contribution >= 0.6 is 0 Å². The maximum Gasteiger partial charge on any atom is 0.332 e. The van der Waals surface area contributed by atoms with Crippen molar-refractivity contribution in [2.45, 2.75) is 19.3 Å². The predicted octanol–water partition coefficient (Wildman–Crippen LogP) is 2.29. The zero-order valence-electron chi connectivity index (χ0n) is 14.9. The number of rotatable bonds is 5. The average Bonchev–Trinajstić information content (AvgIpc) is 2.69. The Balaban J connectivity index is 1.98. The van der Waals surface area contributed by atoms with Crippen LogP contribution < -0.4 is 0 Å². The minimum Gasteiger partial charge on any atom is -0.273 e. The first kappa shape index (κ1) is 17.8. The number of pyridine rings is 1. The van der Waals surface area contributed by atoms with Gasteiger partial charge in [-0.3, -0.25) is 24.4 Å². The summed E-state index contributed by atoms with van der Waals surface area (Å²) in [6.07, 6.45) is 4.50. The first-order valence-electron chi connectivity index (χ1n) is 8.49. The van der Waals surface area contributed by atoms with Gasteiger partial charge in [-0.1, -0.05) is 30.3 Å². The Morgan fingerprint density at radius 3 is 2.00 bits per heavy atom. The summed E-state index contributed by atoms with van der Waals surface area (Å²) in [6, 6.07) is 12.6. The molecule has 1 saturated heterocycles. The van der Waals surface area contributed by atoms with Crippen molar-refractivity contribution in [3.8, 4) is 0 Å². The van der Waals surface area contributed by atoms with Gasteiger partial charge in [-0.05, 0) is 42.5 Å². The first-order chi connectivity index (χ1) is 12.5. The summed E-state index contributed by atoms with van der Waals surface area (Å²) in [7, 11) is 2.86. The molecule has 0 spiro atoms. The van der Waals surface area contributed by atoms with Gasteiger partial charge < -0.3 is 0 Å². The van der Waals surface area contributed by atoms with Crippen LogP contribution in [0, 0.1) is 5.41 Å². The second-order valence-corrected chi connectivity index (χ2v) is 6.61. The number of imide groups is 2. The molecule has 2 aromatic rings. The van der Waals surface area contributed by atoms with E-state index < -0.39 is 23.3 Å². The highest BCUT2D eigenvalue weighted by molar-refractivity contribution is 6.18. The SMILES string of the molecule is CN1C(=O)N(C)C(=O)C(CCc2ccncc2)(Cc2ccccc2)C1=O. The van der Waals surface area contributed by atoms with Gasteiger partial charge in [0.15, 0.2) is 0 Å². The minimum absolute atomic E-state index is 0.262. The maximum absolute atomic E-state index is 13.1. The number of nitrogens with zero attached hydrogens (tertiary/aromatic N) is 3. The maximum atomic E-state index is 13.1. The summed E-state index contributed by atoms with van der Waals surface area (Å²) >= 11 is 0. The number of urea groups is 1. The van der Waals surface area contributed by atoms with E-state index in [2.05, 4.69) is 4.98 Å². The smallest absolute Gasteiger partial charge is 0.273 e. The third-order valence-corrected chi connectivity index (χ3v) is 4.94. The number of benzene rings is 1. The molecule has 1 fully saturated rings. The quantitative estimate of drug-likeness (QED) is 0.775. The van der Waals surface area contributed by atoms with Gasteiger partial charge in [0.05, 0.1) is 0 Å². The molecule has 2 heterocycles. The van der Waals surface area contributed by atoms with E-state index in [1.165, 1.54) is 14.1 Å². The Bertz CT molecular complexity index is 797. The summed E-state index contributed by atoms with van der Waals surface area (Å²) in [5, 5.41) is 0. The van der Waals surface area contributed by atoms with Crippen molar-refractivity contribution in [1.82, 2.24) is 14.8 Å². The Morgan fingerprint density at radius 1 is 0.846 bits per heavy atom. The molecule has 0 atom stereocenters. The lowest BCUT2D eigenvalue weighted by Crippen LogP contribution is -2.63. The van der Waals surface area contributed by atoms with Crippen molar-refractivity contribution in [2.24, 2.45) is 5.41 Å². The van der Waals surface area contributed by atoms with Crippen LogP contribution in [0.1, 0.15) is 17.5 Å². The van der Waals surface area contributed by atoms with Gasteiger partial charge in [0.2, 0.25) is 11.8 Å². The molecule has 0 unspecified atom stereocenters. The molecule has 6 heteroatoms. The number of barbiturate groups is 1. The molecule has 1 aromatic heterocycles. The molecule has 134 valence electrons. The normalized spacial score (nSPS) is 16.9. The zero-order valence-corrected chi connectivity index (χ0v) is 14.9. The first-order valence-corrected chi connectivity index (χ1v) is 8.49. The summed E-state index contributed by atoms with van der Waals surface area (Å²) in [4.78, 5) is 44.4. The van der Waals surface area contributed by atoms with E-state index >= 15 is 0 Å². The van der Waals surface area contributed by atoms with Gasteiger partial charge in [-0.25, -0.2) is 4.79 Å². The van der Waals surface area contributed by atoms with Crippen LogP contribution in [0.15, 0.2) is 54.9 Å². The van der Waals surface area contributed by atoms with Crippen LogP contribution in [0.25, 0.3) is 0 Å². The fourth-order valence-corrected chi connectivity index (χ4v) is 3.44. The van der Waals surface area contributed by atoms with E-state index in [0.717, 1.165) is 20.9 Å². The number of hydrogen-bond acceptors (Lipinski definition) is 4. The highest BCUT2D eigenvalue weighted by atomic mass is 16.2. The lowest BCUT2D eigenvalue weighted by Gasteiger charge is -2.42. The number of carbonyl (C=O) groups is 3. The van der Waals surface area contributed by atoms with Crippen molar-refractivity contribution < 1.29 is 14.4 Å². The van der Waals surface area contributed by atoms with Gasteiger partial charge in [0.25, 0.3) is 0 Å². The van der Waals surface area contributed by atoms with Crippen LogP contribution in [0.2, 0.25) is 0 Å². The van der Waals surface area contributed by atoms with Crippen molar-refractivity contribution >= 4 is 17.8 Å². The lowest BCUT2D eigenvalue weighted by molar-refractivity contribution is -0.157. The van der Waals surface area contributed by atoms with Gasteiger partial charge in [0.1, 0.15) is 5.41 Å². The minimum atomic E-state index is -1.29. The highest BCUT2D eigenvalue weighted by Gasteiger charge is 2.54. The van der Waals surface area contributed by atoms with Crippen LogP contribution in [-0.4, -0.2) is 46.7 Å². The standard InChI is InChI=1S/C20H21N3O3/c1-22-17(24)20(18(25)23(2)19(22)26,14-16-6-4-3-5-7-16)11-8-15-9-12-21-13-10-15/h3-7,9-10,12-13H,8,11,14H2,1-2H3. The van der Waals surface area contributed by atoms with Crippen molar-refractivity contribution in [2.75, 3.05) is 14.1 Å². The summed E-state index contributed by atoms with van der Waals surface area (Å²) < 4.78 is 0. The van der Waals surface area contributed by atoms with Gasteiger partial charge in [-0.15, -0.1) is 0 Å². The molecule has 1 aromatic carbocycles. The molecular weight excluding hydrogens is 330 g/mol. The van der Waals surface area contributed by atoms with Crippen LogP contribution in [0.4, 0.5) is 4.79 Å². The Morgan fingerprint density at radius 2 is 1.42 bits per heavy atom. The molecule has 6 nitrogen and oxygen atoms in total. The third kappa shape index (κ3) is 3.10. The van der Waals surface area contributed by atoms with Crippen LogP contribution in [-0.2, 0) is 22.4 Å². The molecule has 1 aliphatic rings. The second-order valence-electron chi connectivity index (χ2n) is 6.61. The van der Waals surface area contributed by atoms with E-state index in [1.54, 1.807) is 12.4 Å².